The first-order valence-electron chi connectivity index (χ1n) is 5.20. The normalized spacial score (nSPS) is 16.5. The van der Waals surface area contributed by atoms with Crippen molar-refractivity contribution in [2.75, 3.05) is 7.05 Å². The van der Waals surface area contributed by atoms with Gasteiger partial charge in [-0.3, -0.25) is 14.4 Å². The van der Waals surface area contributed by atoms with Gasteiger partial charge in [-0.1, -0.05) is 6.58 Å². The summed E-state index contributed by atoms with van der Waals surface area (Å²) in [5.41, 5.74) is 1.27. The average Bonchev–Trinajstić information content (AvgIpc) is 2.32. The minimum absolute atomic E-state index is 0.142. The Morgan fingerprint density at radius 1 is 1.06 bits per heavy atom. The molecule has 4 nitrogen and oxygen atoms in total. The van der Waals surface area contributed by atoms with E-state index in [-0.39, 0.29) is 17.3 Å². The summed E-state index contributed by atoms with van der Waals surface area (Å²) in [5.74, 6) is -0.883. The Labute approximate surface area is 100 Å². The summed E-state index contributed by atoms with van der Waals surface area (Å²) in [6, 6.07) is 0. The Morgan fingerprint density at radius 2 is 1.53 bits per heavy atom. The number of Topliss-reactive ketones (excluding diaryl/α,β-unsaturated/α-hetero) is 2. The SMILES string of the molecule is C=CC(=O)N(C)C1=C(C)C(=O)C(C)=C(C)C1=O. The molecule has 17 heavy (non-hydrogen) atoms. The van der Waals surface area contributed by atoms with Crippen molar-refractivity contribution in [1.29, 1.82) is 0 Å². The smallest absolute Gasteiger partial charge is 0.250 e. The van der Waals surface area contributed by atoms with Gasteiger partial charge in [0.05, 0.1) is 5.70 Å². The van der Waals surface area contributed by atoms with Gasteiger partial charge in [-0.05, 0) is 26.8 Å². The first kappa shape index (κ1) is 13.1. The molecular formula is C13H15NO3. The van der Waals surface area contributed by atoms with Crippen molar-refractivity contribution < 1.29 is 14.4 Å². The number of carbonyl (C=O) groups excluding carboxylic acids is 3. The van der Waals surface area contributed by atoms with E-state index in [1.165, 1.54) is 11.9 Å². The maximum Gasteiger partial charge on any atom is 0.250 e. The molecule has 0 bridgehead atoms. The molecule has 0 atom stereocenters. The van der Waals surface area contributed by atoms with Crippen LogP contribution in [0.2, 0.25) is 0 Å². The summed E-state index contributed by atoms with van der Waals surface area (Å²) in [6.07, 6.45) is 1.11. The largest absolute Gasteiger partial charge is 0.308 e. The maximum atomic E-state index is 12.1. The van der Waals surface area contributed by atoms with Crippen molar-refractivity contribution in [3.63, 3.8) is 0 Å². The van der Waals surface area contributed by atoms with Gasteiger partial charge in [-0.2, -0.15) is 0 Å². The van der Waals surface area contributed by atoms with Crippen LogP contribution in [0.1, 0.15) is 20.8 Å². The molecule has 0 fully saturated rings. The summed E-state index contributed by atoms with van der Waals surface area (Å²) in [6.45, 7) is 8.12. The van der Waals surface area contributed by atoms with E-state index < -0.39 is 5.91 Å². The van der Waals surface area contributed by atoms with Crippen LogP contribution in [0, 0.1) is 0 Å². The molecule has 0 saturated carbocycles. The summed E-state index contributed by atoms with van der Waals surface area (Å²) >= 11 is 0. The second-order valence-corrected chi connectivity index (χ2v) is 3.98. The van der Waals surface area contributed by atoms with Crippen molar-refractivity contribution >= 4 is 17.5 Å². The van der Waals surface area contributed by atoms with Gasteiger partial charge in [-0.25, -0.2) is 0 Å². The monoisotopic (exact) mass is 233 g/mol. The molecule has 0 aliphatic heterocycles. The first-order chi connectivity index (χ1) is 7.82. The number of hydrogen-bond acceptors (Lipinski definition) is 3. The molecule has 4 heteroatoms. The highest BCUT2D eigenvalue weighted by Gasteiger charge is 2.31. The first-order valence-corrected chi connectivity index (χ1v) is 5.20. The van der Waals surface area contributed by atoms with Gasteiger partial charge in [0.1, 0.15) is 0 Å². The van der Waals surface area contributed by atoms with Crippen molar-refractivity contribution in [2.24, 2.45) is 0 Å². The van der Waals surface area contributed by atoms with E-state index >= 15 is 0 Å². The molecule has 0 saturated heterocycles. The summed E-state index contributed by atoms with van der Waals surface area (Å²) in [5, 5.41) is 0. The number of allylic oxidation sites excluding steroid dienone is 3. The quantitative estimate of drug-likeness (QED) is 0.535. The number of ketones is 2. The second-order valence-electron chi connectivity index (χ2n) is 3.98. The van der Waals surface area contributed by atoms with Gasteiger partial charge >= 0.3 is 0 Å². The second kappa shape index (κ2) is 4.49. The Hall–Kier alpha value is -1.97. The van der Waals surface area contributed by atoms with E-state index in [0.29, 0.717) is 16.7 Å². The van der Waals surface area contributed by atoms with Crippen LogP contribution in [0.4, 0.5) is 0 Å². The highest BCUT2D eigenvalue weighted by molar-refractivity contribution is 6.25. The Bertz CT molecular complexity index is 495. The molecule has 0 heterocycles. The van der Waals surface area contributed by atoms with Crippen LogP contribution in [0.15, 0.2) is 35.1 Å². The van der Waals surface area contributed by atoms with Gasteiger partial charge in [0.2, 0.25) is 11.7 Å². The molecule has 0 aromatic rings. The van der Waals surface area contributed by atoms with E-state index in [1.807, 2.05) is 0 Å². The highest BCUT2D eigenvalue weighted by Crippen LogP contribution is 2.25. The lowest BCUT2D eigenvalue weighted by Gasteiger charge is -2.24. The molecule has 0 radical (unpaired) electrons. The number of likely N-dealkylation sites (N-methyl/N-ethyl adjacent to an activating group) is 1. The molecule has 0 spiro atoms. The summed E-state index contributed by atoms with van der Waals surface area (Å²) in [7, 11) is 1.46. The van der Waals surface area contributed by atoms with Crippen LogP contribution in [0.5, 0.6) is 0 Å². The van der Waals surface area contributed by atoms with Gasteiger partial charge < -0.3 is 4.90 Å². The molecule has 90 valence electrons. The number of rotatable bonds is 2. The zero-order valence-electron chi connectivity index (χ0n) is 10.5. The van der Waals surface area contributed by atoms with Crippen molar-refractivity contribution in [2.45, 2.75) is 20.8 Å². The predicted molar refractivity (Wildman–Crippen MR) is 64.1 cm³/mol. The minimum Gasteiger partial charge on any atom is -0.308 e. The molecule has 0 unspecified atom stereocenters. The highest BCUT2D eigenvalue weighted by atomic mass is 16.2. The molecule has 0 N–H and O–H groups in total. The molecular weight excluding hydrogens is 218 g/mol. The average molecular weight is 233 g/mol. The molecule has 1 aliphatic carbocycles. The van der Waals surface area contributed by atoms with E-state index in [4.69, 9.17) is 0 Å². The zero-order chi connectivity index (χ0) is 13.3. The molecule has 1 aliphatic rings. The third-order valence-electron chi connectivity index (χ3n) is 3.00. The number of amides is 1. The summed E-state index contributed by atoms with van der Waals surface area (Å²) in [4.78, 5) is 36.6. The van der Waals surface area contributed by atoms with Crippen LogP contribution < -0.4 is 0 Å². The van der Waals surface area contributed by atoms with E-state index in [1.54, 1.807) is 20.8 Å². The lowest BCUT2D eigenvalue weighted by molar-refractivity contribution is -0.126. The van der Waals surface area contributed by atoms with Gasteiger partial charge in [-0.15, -0.1) is 0 Å². The topological polar surface area (TPSA) is 54.5 Å². The third-order valence-corrected chi connectivity index (χ3v) is 3.00. The molecule has 1 rings (SSSR count). The maximum absolute atomic E-state index is 12.1. The number of carbonyl (C=O) groups is 3. The Morgan fingerprint density at radius 3 is 2.00 bits per heavy atom. The van der Waals surface area contributed by atoms with Gasteiger partial charge in [0.25, 0.3) is 0 Å². The van der Waals surface area contributed by atoms with Crippen LogP contribution in [0.3, 0.4) is 0 Å². The van der Waals surface area contributed by atoms with Crippen LogP contribution >= 0.6 is 0 Å². The lowest BCUT2D eigenvalue weighted by atomic mass is 9.89. The lowest BCUT2D eigenvalue weighted by Crippen LogP contribution is -2.34. The van der Waals surface area contributed by atoms with Crippen molar-refractivity contribution in [1.82, 2.24) is 4.90 Å². The fourth-order valence-corrected chi connectivity index (χ4v) is 1.73. The predicted octanol–water partition coefficient (Wildman–Crippen LogP) is 1.39. The summed E-state index contributed by atoms with van der Waals surface area (Å²) < 4.78 is 0. The van der Waals surface area contributed by atoms with Crippen LogP contribution in [0.25, 0.3) is 0 Å². The molecule has 0 aromatic heterocycles. The van der Waals surface area contributed by atoms with Crippen molar-refractivity contribution in [3.8, 4) is 0 Å². The Kier molecular flexibility index (Phi) is 3.46. The van der Waals surface area contributed by atoms with Crippen molar-refractivity contribution in [3.05, 3.63) is 35.1 Å². The van der Waals surface area contributed by atoms with E-state index in [0.717, 1.165) is 6.08 Å². The van der Waals surface area contributed by atoms with Gasteiger partial charge in [0.15, 0.2) is 5.78 Å². The van der Waals surface area contributed by atoms with Gasteiger partial charge in [0, 0.05) is 23.8 Å². The van der Waals surface area contributed by atoms with E-state index in [2.05, 4.69) is 6.58 Å². The Balaban J connectivity index is 3.34. The fourth-order valence-electron chi connectivity index (χ4n) is 1.73. The molecule has 0 aromatic carbocycles. The van der Waals surface area contributed by atoms with Crippen LogP contribution in [-0.2, 0) is 14.4 Å². The zero-order valence-corrected chi connectivity index (χ0v) is 10.5. The number of nitrogens with zero attached hydrogens (tertiary/aromatic N) is 1. The minimum atomic E-state index is -0.409. The third kappa shape index (κ3) is 1.98. The fraction of sp³-hybridized carbons (Fsp3) is 0.308. The number of hydrogen-bond donors (Lipinski definition) is 0. The molecule has 1 amide bonds. The van der Waals surface area contributed by atoms with E-state index in [9.17, 15) is 14.4 Å². The standard InChI is InChI=1S/C13H15NO3/c1-6-10(15)14(5)11-9(4)12(16)7(2)8(3)13(11)17/h6H,1H2,2-5H3. The van der Waals surface area contributed by atoms with Crippen LogP contribution in [-0.4, -0.2) is 29.4 Å².